The number of ether oxygens (including phenoxy) is 1. The van der Waals surface area contributed by atoms with Gasteiger partial charge < -0.3 is 45.6 Å². The van der Waals surface area contributed by atoms with Gasteiger partial charge in [-0.05, 0) is 0 Å². The molecular formula is C11H20O10. The summed E-state index contributed by atoms with van der Waals surface area (Å²) >= 11 is 0. The van der Waals surface area contributed by atoms with Crippen molar-refractivity contribution in [3.8, 4) is 0 Å². The van der Waals surface area contributed by atoms with Gasteiger partial charge in [0.15, 0.2) is 17.5 Å². The molecule has 10 nitrogen and oxygen atoms in total. The van der Waals surface area contributed by atoms with Crippen LogP contribution < -0.4 is 0 Å². The van der Waals surface area contributed by atoms with Gasteiger partial charge >= 0.3 is 5.97 Å². The number of rotatable bonds is 6. The normalized spacial score (nSPS) is 31.1. The van der Waals surface area contributed by atoms with Crippen LogP contribution in [0.25, 0.3) is 0 Å². The van der Waals surface area contributed by atoms with Crippen molar-refractivity contribution in [2.75, 3.05) is 19.8 Å². The first-order chi connectivity index (χ1) is 9.63. The van der Waals surface area contributed by atoms with Gasteiger partial charge in [-0.3, -0.25) is 0 Å². The van der Waals surface area contributed by atoms with Crippen molar-refractivity contribution in [3.05, 3.63) is 0 Å². The van der Waals surface area contributed by atoms with E-state index in [-0.39, 0.29) is 0 Å². The first-order valence-corrected chi connectivity index (χ1v) is 6.20. The van der Waals surface area contributed by atoms with Gasteiger partial charge in [0, 0.05) is 12.3 Å². The number of carbonyl (C=O) groups excluding carboxylic acids is 1. The van der Waals surface area contributed by atoms with Crippen LogP contribution in [0.2, 0.25) is 0 Å². The zero-order valence-corrected chi connectivity index (χ0v) is 11.0. The van der Waals surface area contributed by atoms with Gasteiger partial charge in [0.2, 0.25) is 0 Å². The summed E-state index contributed by atoms with van der Waals surface area (Å²) in [5, 5.41) is 75.6. The summed E-state index contributed by atoms with van der Waals surface area (Å²) in [5.41, 5.74) is -2.71. The molecule has 8 N–H and O–H groups in total. The molecule has 1 saturated heterocycles. The molecule has 124 valence electrons. The van der Waals surface area contributed by atoms with Gasteiger partial charge in [0.25, 0.3) is 0 Å². The smallest absolute Gasteiger partial charge is 0.338 e. The number of hydrogen-bond acceptors (Lipinski definition) is 10. The van der Waals surface area contributed by atoms with Crippen molar-refractivity contribution in [2.24, 2.45) is 5.92 Å². The predicted molar refractivity (Wildman–Crippen MR) is 63.4 cm³/mol. The van der Waals surface area contributed by atoms with E-state index in [0.29, 0.717) is 0 Å². The molecule has 0 aromatic heterocycles. The summed E-state index contributed by atoms with van der Waals surface area (Å²) < 4.78 is 4.63. The van der Waals surface area contributed by atoms with Crippen molar-refractivity contribution in [1.29, 1.82) is 0 Å². The molecule has 4 atom stereocenters. The van der Waals surface area contributed by atoms with E-state index in [1.807, 2.05) is 0 Å². The maximum Gasteiger partial charge on any atom is 0.338 e. The van der Waals surface area contributed by atoms with Crippen molar-refractivity contribution < 1.29 is 50.4 Å². The predicted octanol–water partition coefficient (Wildman–Crippen LogP) is -4.97. The Hall–Kier alpha value is -0.850. The highest BCUT2D eigenvalue weighted by Gasteiger charge is 2.54. The summed E-state index contributed by atoms with van der Waals surface area (Å²) in [4.78, 5) is 11.2. The molecule has 10 heteroatoms. The molecule has 0 unspecified atom stereocenters. The van der Waals surface area contributed by atoms with E-state index < -0.39 is 67.8 Å². The molecule has 1 aliphatic heterocycles. The molecule has 1 heterocycles. The van der Waals surface area contributed by atoms with E-state index in [2.05, 4.69) is 4.74 Å². The molecule has 0 saturated carbocycles. The zero-order valence-electron chi connectivity index (χ0n) is 11.0. The maximum absolute atomic E-state index is 11.2. The molecule has 0 amide bonds. The molecule has 0 aliphatic carbocycles. The van der Waals surface area contributed by atoms with Crippen LogP contribution in [0, 0.1) is 5.92 Å². The second-order valence-corrected chi connectivity index (χ2v) is 5.13. The summed E-state index contributed by atoms with van der Waals surface area (Å²) in [5.74, 6) is -5.60. The first kappa shape index (κ1) is 18.2. The number of hydrogen-bond donors (Lipinski definition) is 8. The largest absolute Gasteiger partial charge is 0.458 e. The molecule has 0 bridgehead atoms. The first-order valence-electron chi connectivity index (χ1n) is 6.20. The molecule has 1 fully saturated rings. The fourth-order valence-corrected chi connectivity index (χ4v) is 2.15. The average molecular weight is 312 g/mol. The lowest BCUT2D eigenvalue weighted by Gasteiger charge is -2.43. The molecular weight excluding hydrogens is 292 g/mol. The van der Waals surface area contributed by atoms with E-state index in [4.69, 9.17) is 15.3 Å². The molecule has 1 aliphatic rings. The molecule has 21 heavy (non-hydrogen) atoms. The Kier molecular flexibility index (Phi) is 5.63. The van der Waals surface area contributed by atoms with E-state index in [1.54, 1.807) is 0 Å². The quantitative estimate of drug-likeness (QED) is 0.174. The monoisotopic (exact) mass is 312 g/mol. The van der Waals surface area contributed by atoms with Crippen molar-refractivity contribution in [2.45, 2.75) is 36.1 Å². The van der Waals surface area contributed by atoms with Gasteiger partial charge in [-0.15, -0.1) is 0 Å². The highest BCUT2D eigenvalue weighted by molar-refractivity contribution is 5.76. The van der Waals surface area contributed by atoms with E-state index in [1.165, 1.54) is 0 Å². The van der Waals surface area contributed by atoms with Crippen molar-refractivity contribution in [3.63, 3.8) is 0 Å². The molecule has 0 spiro atoms. The summed E-state index contributed by atoms with van der Waals surface area (Å²) in [6.07, 6.45) is -5.98. The van der Waals surface area contributed by atoms with E-state index >= 15 is 0 Å². The number of aliphatic hydroxyl groups excluding tert-OH is 5. The second kappa shape index (κ2) is 6.50. The maximum atomic E-state index is 11.2. The SMILES string of the molecule is O=C1O[C@H](CO)[C@@H](CC(O)(O)C(O)(CO)CO)[C@H](O)[C@H]1O. The van der Waals surface area contributed by atoms with Crippen LogP contribution in [0.5, 0.6) is 0 Å². The Morgan fingerprint density at radius 3 is 2.00 bits per heavy atom. The van der Waals surface area contributed by atoms with Gasteiger partial charge in [-0.25, -0.2) is 4.79 Å². The third kappa shape index (κ3) is 3.33. The Morgan fingerprint density at radius 2 is 1.57 bits per heavy atom. The number of esters is 1. The van der Waals surface area contributed by atoms with E-state index in [9.17, 15) is 30.3 Å². The van der Waals surface area contributed by atoms with Gasteiger partial charge in [0.1, 0.15) is 6.10 Å². The molecule has 0 radical (unpaired) electrons. The Labute approximate surface area is 119 Å². The number of cyclic esters (lactones) is 1. The minimum atomic E-state index is -3.07. The lowest BCUT2D eigenvalue weighted by Crippen LogP contribution is -2.63. The highest BCUT2D eigenvalue weighted by Crippen LogP contribution is 2.34. The number of carbonyl (C=O) groups is 1. The van der Waals surface area contributed by atoms with Crippen LogP contribution in [-0.4, -0.2) is 96.3 Å². The Balaban J connectivity index is 2.99. The lowest BCUT2D eigenvalue weighted by atomic mass is 9.79. The summed E-state index contributed by atoms with van der Waals surface area (Å²) in [7, 11) is 0. The van der Waals surface area contributed by atoms with Gasteiger partial charge in [-0.2, -0.15) is 0 Å². The third-order valence-electron chi connectivity index (χ3n) is 3.72. The molecule has 0 aromatic rings. The second-order valence-electron chi connectivity index (χ2n) is 5.13. The highest BCUT2D eigenvalue weighted by atomic mass is 16.6. The van der Waals surface area contributed by atoms with Gasteiger partial charge in [-0.1, -0.05) is 0 Å². The van der Waals surface area contributed by atoms with Crippen molar-refractivity contribution in [1.82, 2.24) is 0 Å². The van der Waals surface area contributed by atoms with Crippen LogP contribution in [0.15, 0.2) is 0 Å². The minimum Gasteiger partial charge on any atom is -0.458 e. The van der Waals surface area contributed by atoms with Crippen molar-refractivity contribution >= 4 is 5.97 Å². The van der Waals surface area contributed by atoms with Crippen LogP contribution in [-0.2, 0) is 9.53 Å². The number of aliphatic hydroxyl groups is 8. The summed E-state index contributed by atoms with van der Waals surface area (Å²) in [6, 6.07) is 0. The van der Waals surface area contributed by atoms with Crippen LogP contribution in [0.3, 0.4) is 0 Å². The van der Waals surface area contributed by atoms with Crippen LogP contribution in [0.4, 0.5) is 0 Å². The Morgan fingerprint density at radius 1 is 1.05 bits per heavy atom. The van der Waals surface area contributed by atoms with Gasteiger partial charge in [0.05, 0.1) is 25.9 Å². The average Bonchev–Trinajstić information content (AvgIpc) is 2.46. The summed E-state index contributed by atoms with van der Waals surface area (Å²) in [6.45, 7) is -3.18. The standard InChI is InChI=1S/C11H20O10/c12-2-6-5(7(15)8(16)9(17)21-6)1-11(19,20)10(18,3-13)4-14/h5-8,12-16,18-20H,1-4H2/t5-,6-,7+,8-/m1/s1. The molecule has 0 aromatic carbocycles. The fourth-order valence-electron chi connectivity index (χ4n) is 2.15. The zero-order chi connectivity index (χ0) is 16.4. The fraction of sp³-hybridized carbons (Fsp3) is 0.909. The minimum absolute atomic E-state index is 0.771. The van der Waals surface area contributed by atoms with Crippen LogP contribution >= 0.6 is 0 Å². The lowest BCUT2D eigenvalue weighted by molar-refractivity contribution is -0.309. The van der Waals surface area contributed by atoms with E-state index in [0.717, 1.165) is 0 Å². The topological polar surface area (TPSA) is 188 Å². The van der Waals surface area contributed by atoms with Crippen LogP contribution in [0.1, 0.15) is 6.42 Å². The third-order valence-corrected chi connectivity index (χ3v) is 3.72. The Bertz CT molecular complexity index is 364. The molecule has 1 rings (SSSR count).